The van der Waals surface area contributed by atoms with Gasteiger partial charge in [0.25, 0.3) is 5.91 Å². The number of nitrogens with two attached hydrogens (primary N) is 1. The van der Waals surface area contributed by atoms with Gasteiger partial charge >= 0.3 is 0 Å². The molecule has 2 aliphatic rings. The maximum atomic E-state index is 12.5. The summed E-state index contributed by atoms with van der Waals surface area (Å²) in [6.45, 7) is 0. The number of fused-ring (bicyclic) bond motifs is 1. The Hall–Kier alpha value is -2.52. The number of aromatic nitrogens is 2. The second kappa shape index (κ2) is 5.50. The minimum atomic E-state index is -1.50. The Morgan fingerprint density at radius 3 is 2.52 bits per heavy atom. The number of likely N-dealkylation sites (N-methyl/N-ethyl adjacent to an activating group) is 2. The third-order valence-electron chi connectivity index (χ3n) is 4.84. The highest BCUT2D eigenvalue weighted by molar-refractivity contribution is 7.82. The van der Waals surface area contributed by atoms with E-state index in [4.69, 9.17) is 5.14 Å². The van der Waals surface area contributed by atoms with Gasteiger partial charge in [-0.05, 0) is 37.1 Å². The molecule has 1 spiro atoms. The monoisotopic (exact) mass is 358 g/mol. The molecule has 1 aromatic heterocycles. The van der Waals surface area contributed by atoms with Crippen LogP contribution in [0.5, 0.6) is 0 Å². The van der Waals surface area contributed by atoms with Gasteiger partial charge in [-0.1, -0.05) is 0 Å². The van der Waals surface area contributed by atoms with Crippen molar-refractivity contribution >= 4 is 40.0 Å². The normalized spacial score (nSPS) is 18.9. The average molecular weight is 358 g/mol. The molecule has 1 atom stereocenters. The summed E-state index contributed by atoms with van der Waals surface area (Å²) in [4.78, 5) is 25.6. The smallest absolute Gasteiger partial charge is 0.252 e. The highest BCUT2D eigenvalue weighted by Crippen LogP contribution is 2.50. The molecule has 25 heavy (non-hydrogen) atoms. The minimum Gasteiger partial charge on any atom is -0.343 e. The number of nitrogens with zero attached hydrogens (tertiary/aromatic N) is 4. The van der Waals surface area contributed by atoms with Crippen molar-refractivity contribution in [3.05, 3.63) is 30.5 Å². The zero-order chi connectivity index (χ0) is 17.8. The highest BCUT2D eigenvalue weighted by Gasteiger charge is 2.58. The van der Waals surface area contributed by atoms with Crippen molar-refractivity contribution in [1.82, 2.24) is 9.97 Å². The Bertz CT molecular complexity index is 881. The van der Waals surface area contributed by atoms with E-state index in [1.807, 2.05) is 11.9 Å². The van der Waals surface area contributed by atoms with E-state index in [9.17, 15) is 9.00 Å². The van der Waals surface area contributed by atoms with E-state index < -0.39 is 16.5 Å². The molecule has 1 aliphatic carbocycles. The topological polar surface area (TPSA) is 104 Å². The van der Waals surface area contributed by atoms with Gasteiger partial charge in [0.1, 0.15) is 22.2 Å². The second-order valence-electron chi connectivity index (χ2n) is 6.30. The molecular formula is C16H18N6O2S. The van der Waals surface area contributed by atoms with Crippen molar-refractivity contribution in [3.63, 3.8) is 0 Å². The van der Waals surface area contributed by atoms with Crippen molar-refractivity contribution in [2.75, 3.05) is 29.2 Å². The molecule has 1 amide bonds. The van der Waals surface area contributed by atoms with E-state index in [2.05, 4.69) is 15.3 Å². The molecule has 1 aromatic carbocycles. The van der Waals surface area contributed by atoms with Crippen LogP contribution in [0, 0.1) is 0 Å². The SMILES string of the molecule is CN1C(=O)C2(CC2)N(C)c2nc(Nc3ccc(S(N)=O)cc3)ncc21. The minimum absolute atomic E-state index is 0.0946. The number of carbonyl (C=O) groups is 1. The van der Waals surface area contributed by atoms with Crippen LogP contribution in [0.15, 0.2) is 35.4 Å². The van der Waals surface area contributed by atoms with Gasteiger partial charge in [-0.3, -0.25) is 4.79 Å². The van der Waals surface area contributed by atoms with Crippen molar-refractivity contribution in [2.45, 2.75) is 23.3 Å². The Morgan fingerprint density at radius 2 is 1.92 bits per heavy atom. The van der Waals surface area contributed by atoms with E-state index in [1.54, 1.807) is 42.4 Å². The summed E-state index contributed by atoms with van der Waals surface area (Å²) in [7, 11) is 2.16. The van der Waals surface area contributed by atoms with Crippen LogP contribution in [-0.2, 0) is 15.8 Å². The Morgan fingerprint density at radius 1 is 1.24 bits per heavy atom. The summed E-state index contributed by atoms with van der Waals surface area (Å²) in [6, 6.07) is 6.92. The van der Waals surface area contributed by atoms with Crippen LogP contribution in [0.4, 0.5) is 23.1 Å². The maximum Gasteiger partial charge on any atom is 0.252 e. The molecule has 1 fully saturated rings. The van der Waals surface area contributed by atoms with Crippen LogP contribution >= 0.6 is 0 Å². The largest absolute Gasteiger partial charge is 0.343 e. The molecule has 4 rings (SSSR count). The zero-order valence-electron chi connectivity index (χ0n) is 13.9. The fourth-order valence-electron chi connectivity index (χ4n) is 3.15. The number of anilines is 4. The first-order chi connectivity index (χ1) is 11.9. The number of hydrogen-bond acceptors (Lipinski definition) is 6. The van der Waals surface area contributed by atoms with Crippen molar-refractivity contribution < 1.29 is 9.00 Å². The first kappa shape index (κ1) is 16.0. The fraction of sp³-hybridized carbons (Fsp3) is 0.312. The number of rotatable bonds is 3. The molecule has 0 bridgehead atoms. The predicted octanol–water partition coefficient (Wildman–Crippen LogP) is 1.15. The summed E-state index contributed by atoms with van der Waals surface area (Å²) in [6.07, 6.45) is 3.34. The Balaban J connectivity index is 1.64. The lowest BCUT2D eigenvalue weighted by atomic mass is 10.1. The van der Waals surface area contributed by atoms with E-state index in [1.165, 1.54) is 0 Å². The van der Waals surface area contributed by atoms with Crippen LogP contribution < -0.4 is 20.3 Å². The molecule has 8 nitrogen and oxygen atoms in total. The lowest BCUT2D eigenvalue weighted by molar-refractivity contribution is -0.120. The van der Waals surface area contributed by atoms with Crippen molar-refractivity contribution in [2.24, 2.45) is 5.14 Å². The summed E-state index contributed by atoms with van der Waals surface area (Å²) < 4.78 is 11.2. The van der Waals surface area contributed by atoms with Crippen LogP contribution in [0.25, 0.3) is 0 Å². The van der Waals surface area contributed by atoms with E-state index in [0.717, 1.165) is 24.3 Å². The zero-order valence-corrected chi connectivity index (χ0v) is 14.7. The number of carbonyl (C=O) groups excluding carboxylic acids is 1. The number of hydrogen-bond donors (Lipinski definition) is 2. The van der Waals surface area contributed by atoms with Crippen LogP contribution in [0.1, 0.15) is 12.8 Å². The van der Waals surface area contributed by atoms with Crippen LogP contribution in [0.2, 0.25) is 0 Å². The lowest BCUT2D eigenvalue weighted by Gasteiger charge is -2.38. The van der Waals surface area contributed by atoms with Gasteiger partial charge in [-0.25, -0.2) is 14.3 Å². The molecule has 2 aromatic rings. The van der Waals surface area contributed by atoms with E-state index in [-0.39, 0.29) is 5.91 Å². The van der Waals surface area contributed by atoms with Gasteiger partial charge in [0, 0.05) is 19.8 Å². The van der Waals surface area contributed by atoms with Gasteiger partial charge in [0.2, 0.25) is 5.95 Å². The third kappa shape index (κ3) is 2.47. The molecule has 1 unspecified atom stereocenters. The highest BCUT2D eigenvalue weighted by atomic mass is 32.2. The molecule has 2 heterocycles. The summed E-state index contributed by atoms with van der Waals surface area (Å²) in [5, 5.41) is 8.48. The average Bonchev–Trinajstić information content (AvgIpc) is 3.41. The van der Waals surface area contributed by atoms with Gasteiger partial charge in [0.05, 0.1) is 11.1 Å². The first-order valence-corrected chi connectivity index (χ1v) is 9.06. The van der Waals surface area contributed by atoms with Gasteiger partial charge in [-0.2, -0.15) is 4.98 Å². The first-order valence-electron chi connectivity index (χ1n) is 7.85. The number of amides is 1. The summed E-state index contributed by atoms with van der Waals surface area (Å²) in [5.74, 6) is 1.26. The molecular weight excluding hydrogens is 340 g/mol. The van der Waals surface area contributed by atoms with Gasteiger partial charge < -0.3 is 15.1 Å². The fourth-order valence-corrected chi connectivity index (χ4v) is 3.55. The maximum absolute atomic E-state index is 12.5. The van der Waals surface area contributed by atoms with Crippen molar-refractivity contribution in [3.8, 4) is 0 Å². The molecule has 1 aliphatic heterocycles. The van der Waals surface area contributed by atoms with Crippen LogP contribution in [-0.4, -0.2) is 39.7 Å². The molecule has 1 saturated carbocycles. The molecule has 9 heteroatoms. The molecule has 0 radical (unpaired) electrons. The Labute approximate surface area is 147 Å². The number of benzene rings is 1. The predicted molar refractivity (Wildman–Crippen MR) is 96.1 cm³/mol. The molecule has 0 saturated heterocycles. The van der Waals surface area contributed by atoms with E-state index in [0.29, 0.717) is 16.5 Å². The second-order valence-corrected chi connectivity index (χ2v) is 7.37. The van der Waals surface area contributed by atoms with Crippen molar-refractivity contribution in [1.29, 1.82) is 0 Å². The van der Waals surface area contributed by atoms with E-state index >= 15 is 0 Å². The molecule has 3 N–H and O–H groups in total. The summed E-state index contributed by atoms with van der Waals surface area (Å²) in [5.41, 5.74) is 1.02. The van der Waals surface area contributed by atoms with Crippen LogP contribution in [0.3, 0.4) is 0 Å². The van der Waals surface area contributed by atoms with Gasteiger partial charge in [-0.15, -0.1) is 0 Å². The Kier molecular flexibility index (Phi) is 3.51. The third-order valence-corrected chi connectivity index (χ3v) is 5.58. The summed E-state index contributed by atoms with van der Waals surface area (Å²) >= 11 is 0. The lowest BCUT2D eigenvalue weighted by Crippen LogP contribution is -2.53. The standard InChI is InChI=1S/C16H18N6O2S/c1-21-12-9-18-15(19-10-3-5-11(6-4-10)25(17)24)20-13(12)22(2)16(7-8-16)14(21)23/h3-6,9H,7-8,17H2,1-2H3,(H,18,19,20). The van der Waals surface area contributed by atoms with Gasteiger partial charge in [0.15, 0.2) is 5.82 Å². The number of nitrogens with one attached hydrogen (secondary N) is 1. The quantitative estimate of drug-likeness (QED) is 0.853. The molecule has 130 valence electrons.